The first-order valence-electron chi connectivity index (χ1n) is 8.11. The summed E-state index contributed by atoms with van der Waals surface area (Å²) in [6.07, 6.45) is 3.58. The van der Waals surface area contributed by atoms with Gasteiger partial charge in [0.25, 0.3) is 0 Å². The molecular formula is C17H26FN3. The SMILES string of the molecule is Cc1ccc(C(N)CCN2CCN3CCCC3C2)cc1F. The van der Waals surface area contributed by atoms with Crippen LogP contribution < -0.4 is 5.73 Å². The van der Waals surface area contributed by atoms with Gasteiger partial charge in [0.05, 0.1) is 0 Å². The highest BCUT2D eigenvalue weighted by Gasteiger charge is 2.30. The van der Waals surface area contributed by atoms with Crippen molar-refractivity contribution in [3.63, 3.8) is 0 Å². The van der Waals surface area contributed by atoms with Gasteiger partial charge in [-0.2, -0.15) is 0 Å². The lowest BCUT2D eigenvalue weighted by molar-refractivity contribution is 0.102. The smallest absolute Gasteiger partial charge is 0.126 e. The fourth-order valence-corrected chi connectivity index (χ4v) is 3.59. The molecule has 2 fully saturated rings. The first-order chi connectivity index (χ1) is 10.1. The van der Waals surface area contributed by atoms with Crippen LogP contribution >= 0.6 is 0 Å². The number of hydrogen-bond donors (Lipinski definition) is 1. The largest absolute Gasteiger partial charge is 0.324 e. The van der Waals surface area contributed by atoms with Gasteiger partial charge in [0, 0.05) is 38.3 Å². The number of halogens is 1. The Bertz CT molecular complexity index is 491. The second-order valence-corrected chi connectivity index (χ2v) is 6.54. The Labute approximate surface area is 126 Å². The normalized spacial score (nSPS) is 25.0. The van der Waals surface area contributed by atoms with Gasteiger partial charge in [-0.05, 0) is 49.9 Å². The van der Waals surface area contributed by atoms with Gasteiger partial charge in [0.2, 0.25) is 0 Å². The summed E-state index contributed by atoms with van der Waals surface area (Å²) in [5.74, 6) is -0.150. The van der Waals surface area contributed by atoms with Gasteiger partial charge in [0.15, 0.2) is 0 Å². The van der Waals surface area contributed by atoms with Gasteiger partial charge in [-0.15, -0.1) is 0 Å². The summed E-state index contributed by atoms with van der Waals surface area (Å²) in [6, 6.07) is 6.06. The summed E-state index contributed by atoms with van der Waals surface area (Å²) in [7, 11) is 0. The Balaban J connectivity index is 1.51. The van der Waals surface area contributed by atoms with E-state index in [4.69, 9.17) is 5.73 Å². The first kappa shape index (κ1) is 14.9. The second kappa shape index (κ2) is 6.42. The minimum Gasteiger partial charge on any atom is -0.324 e. The first-order valence-corrected chi connectivity index (χ1v) is 8.11. The zero-order chi connectivity index (χ0) is 14.8. The third kappa shape index (κ3) is 3.44. The molecule has 0 bridgehead atoms. The Morgan fingerprint density at radius 1 is 1.33 bits per heavy atom. The molecule has 2 aliphatic heterocycles. The van der Waals surface area contributed by atoms with Crippen LogP contribution in [0.25, 0.3) is 0 Å². The number of nitrogens with zero attached hydrogens (tertiary/aromatic N) is 2. The van der Waals surface area contributed by atoms with Crippen LogP contribution in [0.4, 0.5) is 4.39 Å². The molecule has 2 aliphatic rings. The third-order valence-electron chi connectivity index (χ3n) is 5.05. The van der Waals surface area contributed by atoms with Crippen molar-refractivity contribution in [3.05, 3.63) is 35.1 Å². The fraction of sp³-hybridized carbons (Fsp3) is 0.647. The zero-order valence-corrected chi connectivity index (χ0v) is 12.9. The van der Waals surface area contributed by atoms with Crippen molar-refractivity contribution in [1.82, 2.24) is 9.80 Å². The van der Waals surface area contributed by atoms with E-state index in [1.807, 2.05) is 12.1 Å². The van der Waals surface area contributed by atoms with Gasteiger partial charge >= 0.3 is 0 Å². The second-order valence-electron chi connectivity index (χ2n) is 6.54. The molecule has 2 unspecified atom stereocenters. The Morgan fingerprint density at radius 3 is 3.00 bits per heavy atom. The summed E-state index contributed by atoms with van der Waals surface area (Å²) >= 11 is 0. The quantitative estimate of drug-likeness (QED) is 0.924. The molecule has 0 aliphatic carbocycles. The van der Waals surface area contributed by atoms with Crippen molar-refractivity contribution in [2.24, 2.45) is 5.73 Å². The monoisotopic (exact) mass is 291 g/mol. The highest BCUT2D eigenvalue weighted by Crippen LogP contribution is 2.23. The van der Waals surface area contributed by atoms with E-state index in [0.29, 0.717) is 5.56 Å². The average molecular weight is 291 g/mol. The molecule has 0 radical (unpaired) electrons. The molecule has 116 valence electrons. The average Bonchev–Trinajstić information content (AvgIpc) is 2.95. The maximum absolute atomic E-state index is 13.6. The molecule has 2 atom stereocenters. The molecule has 3 rings (SSSR count). The van der Waals surface area contributed by atoms with Crippen molar-refractivity contribution in [2.75, 3.05) is 32.7 Å². The van der Waals surface area contributed by atoms with E-state index >= 15 is 0 Å². The predicted octanol–water partition coefficient (Wildman–Crippen LogP) is 2.30. The van der Waals surface area contributed by atoms with Crippen LogP contribution in [-0.4, -0.2) is 48.6 Å². The lowest BCUT2D eigenvalue weighted by Crippen LogP contribution is -2.50. The minimum absolute atomic E-state index is 0.0679. The van der Waals surface area contributed by atoms with Crippen molar-refractivity contribution < 1.29 is 4.39 Å². The van der Waals surface area contributed by atoms with Crippen LogP contribution in [0.2, 0.25) is 0 Å². The van der Waals surface area contributed by atoms with Crippen molar-refractivity contribution >= 4 is 0 Å². The van der Waals surface area contributed by atoms with Crippen LogP contribution in [0.1, 0.15) is 36.4 Å². The highest BCUT2D eigenvalue weighted by atomic mass is 19.1. The summed E-state index contributed by atoms with van der Waals surface area (Å²) < 4.78 is 13.6. The van der Waals surface area contributed by atoms with Crippen molar-refractivity contribution in [1.29, 1.82) is 0 Å². The van der Waals surface area contributed by atoms with Gasteiger partial charge in [0.1, 0.15) is 5.82 Å². The van der Waals surface area contributed by atoms with Gasteiger partial charge in [-0.1, -0.05) is 12.1 Å². The predicted molar refractivity (Wildman–Crippen MR) is 83.7 cm³/mol. The summed E-state index contributed by atoms with van der Waals surface area (Å²) in [4.78, 5) is 5.14. The Hall–Kier alpha value is -0.970. The summed E-state index contributed by atoms with van der Waals surface area (Å²) in [6.45, 7) is 7.59. The third-order valence-corrected chi connectivity index (χ3v) is 5.05. The van der Waals surface area contributed by atoms with E-state index < -0.39 is 0 Å². The number of rotatable bonds is 4. The van der Waals surface area contributed by atoms with Crippen LogP contribution in [-0.2, 0) is 0 Å². The fourth-order valence-electron chi connectivity index (χ4n) is 3.59. The summed E-state index contributed by atoms with van der Waals surface area (Å²) in [5.41, 5.74) is 7.83. The van der Waals surface area contributed by atoms with Gasteiger partial charge in [-0.3, -0.25) is 4.90 Å². The summed E-state index contributed by atoms with van der Waals surface area (Å²) in [5, 5.41) is 0. The van der Waals surface area contributed by atoms with E-state index in [1.165, 1.54) is 32.5 Å². The number of hydrogen-bond acceptors (Lipinski definition) is 3. The number of nitrogens with two attached hydrogens (primary N) is 1. The molecule has 21 heavy (non-hydrogen) atoms. The molecule has 0 aromatic heterocycles. The molecule has 3 nitrogen and oxygen atoms in total. The van der Waals surface area contributed by atoms with Gasteiger partial charge in [-0.25, -0.2) is 4.39 Å². The van der Waals surface area contributed by atoms with E-state index in [1.54, 1.807) is 13.0 Å². The van der Waals surface area contributed by atoms with Crippen LogP contribution in [0.3, 0.4) is 0 Å². The molecule has 1 aromatic rings. The number of benzene rings is 1. The van der Waals surface area contributed by atoms with Crippen LogP contribution in [0.15, 0.2) is 18.2 Å². The Morgan fingerprint density at radius 2 is 2.19 bits per heavy atom. The van der Waals surface area contributed by atoms with E-state index in [0.717, 1.165) is 31.1 Å². The van der Waals surface area contributed by atoms with Gasteiger partial charge < -0.3 is 10.6 Å². The van der Waals surface area contributed by atoms with E-state index in [9.17, 15) is 4.39 Å². The number of piperazine rings is 1. The molecule has 2 heterocycles. The molecule has 2 N–H and O–H groups in total. The molecule has 0 amide bonds. The van der Waals surface area contributed by atoms with Crippen molar-refractivity contribution in [3.8, 4) is 0 Å². The highest BCUT2D eigenvalue weighted by molar-refractivity contribution is 5.25. The lowest BCUT2D eigenvalue weighted by Gasteiger charge is -2.37. The number of fused-ring (bicyclic) bond motifs is 1. The maximum atomic E-state index is 13.6. The standard InChI is InChI=1S/C17H26FN3/c1-13-4-5-14(11-16(13)18)17(19)6-8-20-9-10-21-7-2-3-15(21)12-20/h4-5,11,15,17H,2-3,6-10,12,19H2,1H3. The molecule has 1 aromatic carbocycles. The molecule has 2 saturated heterocycles. The number of aryl methyl sites for hydroxylation is 1. The topological polar surface area (TPSA) is 32.5 Å². The molecule has 4 heteroatoms. The Kier molecular flexibility index (Phi) is 4.57. The van der Waals surface area contributed by atoms with E-state index in [2.05, 4.69) is 9.80 Å². The van der Waals surface area contributed by atoms with Crippen LogP contribution in [0, 0.1) is 12.7 Å². The molecular weight excluding hydrogens is 265 g/mol. The van der Waals surface area contributed by atoms with Crippen LogP contribution in [0.5, 0.6) is 0 Å². The molecule has 0 saturated carbocycles. The lowest BCUT2D eigenvalue weighted by atomic mass is 10.0. The van der Waals surface area contributed by atoms with E-state index in [-0.39, 0.29) is 11.9 Å². The molecule has 0 spiro atoms. The zero-order valence-electron chi connectivity index (χ0n) is 12.9. The minimum atomic E-state index is -0.150. The van der Waals surface area contributed by atoms with Crippen molar-refractivity contribution in [2.45, 2.75) is 38.3 Å². The maximum Gasteiger partial charge on any atom is 0.126 e.